The van der Waals surface area contributed by atoms with Crippen molar-refractivity contribution >= 4 is 19.8 Å². The first-order valence-electron chi connectivity index (χ1n) is 21.7. The second kappa shape index (κ2) is 36.1. The van der Waals surface area contributed by atoms with Crippen LogP contribution in [0.25, 0.3) is 0 Å². The number of likely N-dealkylation sites (N-methyl/N-ethyl adjacent to an activating group) is 1. The maximum Gasteiger partial charge on any atom is 0.325 e. The first kappa shape index (κ1) is 51.5. The van der Waals surface area contributed by atoms with Gasteiger partial charge >= 0.3 is 19.8 Å². The number of phosphoric ester groups is 1. The first-order valence-corrected chi connectivity index (χ1v) is 23.2. The Morgan fingerprint density at radius 3 is 1.38 bits per heavy atom. The molecule has 0 amide bonds. The Morgan fingerprint density at radius 2 is 0.962 bits per heavy atom. The van der Waals surface area contributed by atoms with Gasteiger partial charge in [-0.15, -0.1) is 4.62 Å². The van der Waals surface area contributed by atoms with Crippen molar-refractivity contribution < 1.29 is 42.3 Å². The predicted octanol–water partition coefficient (Wildman–Crippen LogP) is 12.0. The number of hydroxylamine groups is 3. The zero-order chi connectivity index (χ0) is 39.3. The Bertz CT molecular complexity index is 970. The van der Waals surface area contributed by atoms with E-state index in [9.17, 15) is 19.0 Å². The maximum absolute atomic E-state index is 12.8. The lowest BCUT2D eigenvalue weighted by molar-refractivity contribution is -1.06. The van der Waals surface area contributed by atoms with Crippen molar-refractivity contribution in [2.75, 3.05) is 33.9 Å². The smallest absolute Gasteiger partial charge is 0.325 e. The lowest BCUT2D eigenvalue weighted by atomic mass is 10.1. The number of allylic oxidation sites excluding steroid dienone is 4. The average Bonchev–Trinajstić information content (AvgIpc) is 3.09. The van der Waals surface area contributed by atoms with Gasteiger partial charge in [-0.3, -0.25) is 14.2 Å². The van der Waals surface area contributed by atoms with Gasteiger partial charge in [0.2, 0.25) is 0 Å². The van der Waals surface area contributed by atoms with E-state index in [1.54, 1.807) is 6.92 Å². The van der Waals surface area contributed by atoms with E-state index in [4.69, 9.17) is 18.6 Å². The topological polar surface area (TPSA) is 111 Å². The lowest BCUT2D eigenvalue weighted by Crippen LogP contribution is -2.48. The van der Waals surface area contributed by atoms with E-state index in [2.05, 4.69) is 38.2 Å². The van der Waals surface area contributed by atoms with Crippen LogP contribution in [0.15, 0.2) is 24.3 Å². The Balaban J connectivity index is 4.41. The Hall–Kier alpha value is -1.51. The molecular weight excluding hydrogens is 689 g/mol. The van der Waals surface area contributed by atoms with Crippen LogP contribution in [-0.2, 0) is 32.8 Å². The highest BCUT2D eigenvalue weighted by Gasteiger charge is 2.32. The molecule has 53 heavy (non-hydrogen) atoms. The number of quaternary nitrogens is 1. The molecule has 0 aromatic heterocycles. The minimum Gasteiger partial charge on any atom is -0.752 e. The van der Waals surface area contributed by atoms with E-state index < -0.39 is 24.5 Å². The molecule has 9 nitrogen and oxygen atoms in total. The quantitative estimate of drug-likeness (QED) is 0.0152. The third kappa shape index (κ3) is 37.2. The molecule has 0 heterocycles. The molecular formula is C43H82NO8P. The van der Waals surface area contributed by atoms with Crippen molar-refractivity contribution in [2.24, 2.45) is 0 Å². The van der Waals surface area contributed by atoms with E-state index in [-0.39, 0.29) is 32.1 Å². The van der Waals surface area contributed by atoms with Gasteiger partial charge in [-0.2, -0.15) is 4.65 Å². The molecule has 0 N–H and O–H groups in total. The summed E-state index contributed by atoms with van der Waals surface area (Å²) in [5.41, 5.74) is 0. The summed E-state index contributed by atoms with van der Waals surface area (Å²) in [6.07, 6.45) is 39.6. The standard InChI is InChI=1S/C43H82NO8P/c1-6-9-11-13-15-17-19-21-23-25-27-29-31-33-35-37-42(45)49-40-41(39-44(4,5)52-53(47,48)50-8-3)51-43(46)38-36-34-32-30-28-26-24-22-20-18-16-14-12-10-7-2/h21-24,41H,6-20,25-40H2,1-5H3/b23-21?,24-22-. The summed E-state index contributed by atoms with van der Waals surface area (Å²) >= 11 is 0. The van der Waals surface area contributed by atoms with Gasteiger partial charge in [0.25, 0.3) is 0 Å². The van der Waals surface area contributed by atoms with Gasteiger partial charge in [-0.1, -0.05) is 141 Å². The number of phosphoric acid groups is 1. The summed E-state index contributed by atoms with van der Waals surface area (Å²) in [5, 5.41) is 0. The number of ether oxygens (including phenoxy) is 2. The predicted molar refractivity (Wildman–Crippen MR) is 217 cm³/mol. The van der Waals surface area contributed by atoms with Crippen LogP contribution >= 0.6 is 7.82 Å². The largest absolute Gasteiger partial charge is 0.752 e. The van der Waals surface area contributed by atoms with Gasteiger partial charge in [0.15, 0.2) is 6.10 Å². The normalized spacial score (nSPS) is 13.8. The Kier molecular flexibility index (Phi) is 35.1. The summed E-state index contributed by atoms with van der Waals surface area (Å²) in [5.74, 6) is -0.744. The van der Waals surface area contributed by atoms with Gasteiger partial charge in [-0.25, -0.2) is 0 Å². The van der Waals surface area contributed by atoms with E-state index in [0.717, 1.165) is 70.6 Å². The second-order valence-electron chi connectivity index (χ2n) is 15.2. The molecule has 0 spiro atoms. The fraction of sp³-hybridized carbons (Fsp3) is 0.860. The highest BCUT2D eigenvalue weighted by molar-refractivity contribution is 7.45. The molecule has 0 aliphatic carbocycles. The van der Waals surface area contributed by atoms with Crippen LogP contribution in [0.2, 0.25) is 0 Å². The van der Waals surface area contributed by atoms with Crippen molar-refractivity contribution in [3.8, 4) is 0 Å². The fourth-order valence-electron chi connectivity index (χ4n) is 6.28. The number of hydrogen-bond donors (Lipinski definition) is 0. The Labute approximate surface area is 326 Å². The van der Waals surface area contributed by atoms with Crippen molar-refractivity contribution in [1.29, 1.82) is 0 Å². The molecule has 0 aliphatic rings. The number of hydrogen-bond acceptors (Lipinski definition) is 8. The van der Waals surface area contributed by atoms with E-state index in [1.807, 2.05) is 0 Å². The molecule has 2 unspecified atom stereocenters. The summed E-state index contributed by atoms with van der Waals surface area (Å²) in [7, 11) is -1.50. The maximum atomic E-state index is 12.8. The minimum absolute atomic E-state index is 0.0297. The lowest BCUT2D eigenvalue weighted by Gasteiger charge is -2.34. The van der Waals surface area contributed by atoms with Crippen LogP contribution in [-0.4, -0.2) is 56.5 Å². The molecule has 0 bridgehead atoms. The summed E-state index contributed by atoms with van der Waals surface area (Å²) in [4.78, 5) is 37.5. The summed E-state index contributed by atoms with van der Waals surface area (Å²) in [6.45, 7) is 5.81. The van der Waals surface area contributed by atoms with Crippen molar-refractivity contribution in [1.82, 2.24) is 0 Å². The van der Waals surface area contributed by atoms with E-state index >= 15 is 0 Å². The van der Waals surface area contributed by atoms with Gasteiger partial charge in [0.1, 0.15) is 13.2 Å². The summed E-state index contributed by atoms with van der Waals surface area (Å²) in [6, 6.07) is 0. The molecule has 0 radical (unpaired) electrons. The zero-order valence-electron chi connectivity index (χ0n) is 35.0. The highest BCUT2D eigenvalue weighted by atomic mass is 31.2. The third-order valence-electron chi connectivity index (χ3n) is 9.27. The van der Waals surface area contributed by atoms with Crippen molar-refractivity contribution in [3.05, 3.63) is 24.3 Å². The summed E-state index contributed by atoms with van der Waals surface area (Å²) < 4.78 is 32.9. The number of rotatable bonds is 39. The number of unbranched alkanes of at least 4 members (excludes halogenated alkanes) is 22. The van der Waals surface area contributed by atoms with Crippen LogP contribution in [0.4, 0.5) is 0 Å². The third-order valence-corrected chi connectivity index (χ3v) is 10.5. The minimum atomic E-state index is -4.56. The van der Waals surface area contributed by atoms with Gasteiger partial charge in [0, 0.05) is 12.8 Å². The Morgan fingerprint density at radius 1 is 0.585 bits per heavy atom. The highest BCUT2D eigenvalue weighted by Crippen LogP contribution is 2.41. The van der Waals surface area contributed by atoms with Crippen LogP contribution in [0, 0.1) is 0 Å². The SMILES string of the molecule is CCCCCCCCC=CCCCCCCCC(=O)OCC(C[N+](C)(C)OP(=O)([O-])OCC)OC(=O)CCCCCCC/C=C\CCCCCCCC. The van der Waals surface area contributed by atoms with Crippen LogP contribution < -0.4 is 4.89 Å². The number of esters is 2. The number of carbonyl (C=O) groups is 2. The van der Waals surface area contributed by atoms with Crippen molar-refractivity contribution in [3.63, 3.8) is 0 Å². The molecule has 0 aliphatic heterocycles. The fourth-order valence-corrected chi connectivity index (χ4v) is 7.25. The van der Waals surface area contributed by atoms with Crippen molar-refractivity contribution in [2.45, 2.75) is 207 Å². The molecule has 10 heteroatoms. The monoisotopic (exact) mass is 772 g/mol. The molecule has 0 saturated carbocycles. The molecule has 2 atom stereocenters. The number of nitrogens with zero attached hydrogens (tertiary/aromatic N) is 1. The number of carbonyl (C=O) groups excluding carboxylic acids is 2. The molecule has 0 saturated heterocycles. The van der Waals surface area contributed by atoms with Crippen LogP contribution in [0.1, 0.15) is 201 Å². The van der Waals surface area contributed by atoms with Gasteiger partial charge in [0.05, 0.1) is 20.7 Å². The second-order valence-corrected chi connectivity index (χ2v) is 16.5. The molecule has 0 aromatic rings. The average molecular weight is 772 g/mol. The first-order chi connectivity index (χ1) is 25.5. The van der Waals surface area contributed by atoms with Crippen LogP contribution in [0.3, 0.4) is 0 Å². The van der Waals surface area contributed by atoms with Crippen LogP contribution in [0.5, 0.6) is 0 Å². The zero-order valence-corrected chi connectivity index (χ0v) is 35.9. The van der Waals surface area contributed by atoms with Gasteiger partial charge < -0.3 is 18.9 Å². The molecule has 0 aromatic carbocycles. The van der Waals surface area contributed by atoms with Gasteiger partial charge in [-0.05, 0) is 71.1 Å². The molecule has 0 rings (SSSR count). The molecule has 0 fully saturated rings. The van der Waals surface area contributed by atoms with E-state index in [0.29, 0.717) is 12.8 Å². The molecule has 312 valence electrons. The van der Waals surface area contributed by atoms with E-state index in [1.165, 1.54) is 104 Å².